The normalized spacial score (nSPS) is 18.8. The van der Waals surface area contributed by atoms with Crippen molar-refractivity contribution in [3.63, 3.8) is 0 Å². The van der Waals surface area contributed by atoms with Crippen molar-refractivity contribution in [2.24, 2.45) is 17.8 Å². The molecule has 0 heteroatoms. The summed E-state index contributed by atoms with van der Waals surface area (Å²) in [6.45, 7) is 15.2. The maximum absolute atomic E-state index is 2.51. The van der Waals surface area contributed by atoms with Gasteiger partial charge in [0.25, 0.3) is 0 Å². The standard InChI is InChI=1S/C14H28.2C2H6/c1-4-9-13(5-2)12(3)14-10-7-6-8-11-14;2*1-2/h12-14H,4-11H2,1-3H3;2*1-2H3. The van der Waals surface area contributed by atoms with E-state index in [2.05, 4.69) is 20.8 Å². The molecule has 0 radical (unpaired) electrons. The van der Waals surface area contributed by atoms with Crippen molar-refractivity contribution >= 4 is 0 Å². The van der Waals surface area contributed by atoms with Gasteiger partial charge in [0.05, 0.1) is 0 Å². The number of hydrogen-bond donors (Lipinski definition) is 0. The molecule has 1 saturated carbocycles. The fourth-order valence-corrected chi connectivity index (χ4v) is 3.25. The maximum atomic E-state index is 2.51. The second-order valence-corrected chi connectivity index (χ2v) is 5.21. The predicted octanol–water partition coefficient (Wildman–Crippen LogP) is 7.08. The van der Waals surface area contributed by atoms with Crippen LogP contribution in [0.15, 0.2) is 0 Å². The van der Waals surface area contributed by atoms with Crippen LogP contribution in [-0.2, 0) is 0 Å². The monoisotopic (exact) mass is 256 g/mol. The van der Waals surface area contributed by atoms with Crippen molar-refractivity contribution < 1.29 is 0 Å². The van der Waals surface area contributed by atoms with Gasteiger partial charge in [-0.25, -0.2) is 0 Å². The molecule has 2 unspecified atom stereocenters. The summed E-state index contributed by atoms with van der Waals surface area (Å²) in [6.07, 6.45) is 11.7. The first-order chi connectivity index (χ1) is 8.79. The molecule has 0 bridgehead atoms. The first kappa shape index (κ1) is 20.3. The van der Waals surface area contributed by atoms with E-state index in [0.29, 0.717) is 0 Å². The van der Waals surface area contributed by atoms with Crippen molar-refractivity contribution in [3.8, 4) is 0 Å². The summed E-state index contributed by atoms with van der Waals surface area (Å²) in [5.74, 6) is 3.04. The second-order valence-electron chi connectivity index (χ2n) is 5.21. The lowest BCUT2D eigenvalue weighted by Crippen LogP contribution is -2.22. The summed E-state index contributed by atoms with van der Waals surface area (Å²) in [4.78, 5) is 0. The van der Waals surface area contributed by atoms with Gasteiger partial charge in [0, 0.05) is 0 Å². The molecule has 0 aliphatic heterocycles. The van der Waals surface area contributed by atoms with Gasteiger partial charge in [0.1, 0.15) is 0 Å². The van der Waals surface area contributed by atoms with Crippen molar-refractivity contribution in [1.29, 1.82) is 0 Å². The van der Waals surface area contributed by atoms with Crippen LogP contribution in [0.4, 0.5) is 0 Å². The summed E-state index contributed by atoms with van der Waals surface area (Å²) < 4.78 is 0. The second kappa shape index (κ2) is 15.1. The van der Waals surface area contributed by atoms with E-state index in [9.17, 15) is 0 Å². The van der Waals surface area contributed by atoms with E-state index in [-0.39, 0.29) is 0 Å². The van der Waals surface area contributed by atoms with Crippen LogP contribution in [0.1, 0.15) is 99.8 Å². The summed E-state index contributed by atoms with van der Waals surface area (Å²) in [6, 6.07) is 0. The lowest BCUT2D eigenvalue weighted by Gasteiger charge is -2.33. The van der Waals surface area contributed by atoms with Crippen LogP contribution in [0.2, 0.25) is 0 Å². The molecule has 0 N–H and O–H groups in total. The summed E-state index contributed by atoms with van der Waals surface area (Å²) >= 11 is 0. The zero-order valence-corrected chi connectivity index (χ0v) is 14.4. The van der Waals surface area contributed by atoms with E-state index >= 15 is 0 Å². The molecule has 1 aliphatic rings. The van der Waals surface area contributed by atoms with Gasteiger partial charge in [0.15, 0.2) is 0 Å². The zero-order chi connectivity index (χ0) is 14.4. The first-order valence-corrected chi connectivity index (χ1v) is 8.79. The summed E-state index contributed by atoms with van der Waals surface area (Å²) in [5, 5.41) is 0. The van der Waals surface area contributed by atoms with E-state index in [0.717, 1.165) is 17.8 Å². The zero-order valence-electron chi connectivity index (χ0n) is 14.4. The van der Waals surface area contributed by atoms with Gasteiger partial charge >= 0.3 is 0 Å². The summed E-state index contributed by atoms with van der Waals surface area (Å²) in [5.41, 5.74) is 0. The van der Waals surface area contributed by atoms with Gasteiger partial charge in [-0.3, -0.25) is 0 Å². The molecule has 0 heterocycles. The Kier molecular flexibility index (Phi) is 17.0. The van der Waals surface area contributed by atoms with Gasteiger partial charge in [-0.1, -0.05) is 99.8 Å². The Hall–Kier alpha value is 0. The van der Waals surface area contributed by atoms with Crippen LogP contribution in [0.3, 0.4) is 0 Å². The number of hydrogen-bond acceptors (Lipinski definition) is 0. The predicted molar refractivity (Wildman–Crippen MR) is 87.1 cm³/mol. The fourth-order valence-electron chi connectivity index (χ4n) is 3.25. The Morgan fingerprint density at radius 1 is 0.889 bits per heavy atom. The minimum atomic E-state index is 0.986. The quantitative estimate of drug-likeness (QED) is 0.493. The lowest BCUT2D eigenvalue weighted by molar-refractivity contribution is 0.181. The molecule has 0 spiro atoms. The van der Waals surface area contributed by atoms with Crippen LogP contribution in [0.5, 0.6) is 0 Å². The van der Waals surface area contributed by atoms with Gasteiger partial charge in [-0.15, -0.1) is 0 Å². The van der Waals surface area contributed by atoms with Crippen LogP contribution in [0, 0.1) is 17.8 Å². The molecule has 0 aromatic heterocycles. The van der Waals surface area contributed by atoms with Gasteiger partial charge < -0.3 is 0 Å². The first-order valence-electron chi connectivity index (χ1n) is 8.79. The highest BCUT2D eigenvalue weighted by molar-refractivity contribution is 4.76. The highest BCUT2D eigenvalue weighted by atomic mass is 14.3. The maximum Gasteiger partial charge on any atom is -0.0386 e. The third kappa shape index (κ3) is 8.16. The molecular formula is C18H40. The van der Waals surface area contributed by atoms with E-state index < -0.39 is 0 Å². The Labute approximate surface area is 118 Å². The number of rotatable bonds is 5. The molecule has 1 fully saturated rings. The minimum absolute atomic E-state index is 0.986. The molecule has 1 rings (SSSR count). The SMILES string of the molecule is CC.CC.CCCC(CC)C(C)C1CCCCC1. The highest BCUT2D eigenvalue weighted by Gasteiger charge is 2.25. The van der Waals surface area contributed by atoms with E-state index in [4.69, 9.17) is 0 Å². The topological polar surface area (TPSA) is 0 Å². The van der Waals surface area contributed by atoms with E-state index in [1.54, 1.807) is 0 Å². The molecule has 0 aromatic rings. The third-order valence-electron chi connectivity index (χ3n) is 4.32. The van der Waals surface area contributed by atoms with Gasteiger partial charge in [0.2, 0.25) is 0 Å². The van der Waals surface area contributed by atoms with Crippen molar-refractivity contribution in [2.45, 2.75) is 99.8 Å². The van der Waals surface area contributed by atoms with Crippen LogP contribution in [-0.4, -0.2) is 0 Å². The Morgan fingerprint density at radius 3 is 1.78 bits per heavy atom. The molecule has 0 nitrogen and oxygen atoms in total. The van der Waals surface area contributed by atoms with Crippen LogP contribution >= 0.6 is 0 Å². The van der Waals surface area contributed by atoms with E-state index in [1.165, 1.54) is 51.4 Å². The van der Waals surface area contributed by atoms with Gasteiger partial charge in [-0.2, -0.15) is 0 Å². The largest absolute Gasteiger partial charge is 0.0683 e. The molecule has 18 heavy (non-hydrogen) atoms. The molecular weight excluding hydrogens is 216 g/mol. The van der Waals surface area contributed by atoms with Crippen LogP contribution < -0.4 is 0 Å². The Balaban J connectivity index is 0. The molecule has 0 amide bonds. The average molecular weight is 257 g/mol. The van der Waals surface area contributed by atoms with Gasteiger partial charge in [-0.05, 0) is 17.8 Å². The molecule has 0 saturated heterocycles. The smallest absolute Gasteiger partial charge is 0.0386 e. The van der Waals surface area contributed by atoms with Crippen molar-refractivity contribution in [2.75, 3.05) is 0 Å². The molecule has 0 aromatic carbocycles. The molecule has 1 aliphatic carbocycles. The Bertz CT molecular complexity index is 128. The lowest BCUT2D eigenvalue weighted by atomic mass is 9.73. The third-order valence-corrected chi connectivity index (χ3v) is 4.32. The van der Waals surface area contributed by atoms with E-state index in [1.807, 2.05) is 27.7 Å². The Morgan fingerprint density at radius 2 is 1.39 bits per heavy atom. The summed E-state index contributed by atoms with van der Waals surface area (Å²) in [7, 11) is 0. The molecule has 112 valence electrons. The average Bonchev–Trinajstić information content (AvgIpc) is 2.49. The molecule has 2 atom stereocenters. The van der Waals surface area contributed by atoms with Crippen molar-refractivity contribution in [1.82, 2.24) is 0 Å². The fraction of sp³-hybridized carbons (Fsp3) is 1.00. The minimum Gasteiger partial charge on any atom is -0.0683 e. The van der Waals surface area contributed by atoms with Crippen LogP contribution in [0.25, 0.3) is 0 Å². The highest BCUT2D eigenvalue weighted by Crippen LogP contribution is 2.36. The van der Waals surface area contributed by atoms with Crippen molar-refractivity contribution in [3.05, 3.63) is 0 Å².